The molecule has 0 bridgehead atoms. The third kappa shape index (κ3) is 4.04. The second kappa shape index (κ2) is 7.76. The summed E-state index contributed by atoms with van der Waals surface area (Å²) in [6, 6.07) is 3.91. The van der Waals surface area contributed by atoms with Gasteiger partial charge in [0.2, 0.25) is 5.91 Å². The molecule has 20 heavy (non-hydrogen) atoms. The van der Waals surface area contributed by atoms with Crippen molar-refractivity contribution >= 4 is 35.4 Å². The number of likely N-dealkylation sites (tertiary alicyclic amines) is 1. The molecule has 1 aromatic rings. The van der Waals surface area contributed by atoms with Gasteiger partial charge in [-0.1, -0.05) is 6.07 Å². The molecule has 112 valence electrons. The molecule has 2 rings (SSSR count). The van der Waals surface area contributed by atoms with Crippen molar-refractivity contribution in [3.05, 3.63) is 22.4 Å². The van der Waals surface area contributed by atoms with Crippen LogP contribution in [0.4, 0.5) is 0 Å². The van der Waals surface area contributed by atoms with Crippen molar-refractivity contribution < 1.29 is 9.59 Å². The van der Waals surface area contributed by atoms with Gasteiger partial charge in [-0.25, -0.2) is 0 Å². The van der Waals surface area contributed by atoms with Crippen molar-refractivity contribution in [2.75, 3.05) is 13.1 Å². The molecule has 0 aromatic carbocycles. The van der Waals surface area contributed by atoms with Crippen LogP contribution >= 0.6 is 23.7 Å². The van der Waals surface area contributed by atoms with Crippen molar-refractivity contribution in [3.63, 3.8) is 0 Å². The van der Waals surface area contributed by atoms with Crippen molar-refractivity contribution in [1.82, 2.24) is 4.90 Å². The molecule has 1 saturated heterocycles. The fourth-order valence-corrected chi connectivity index (χ4v) is 3.28. The zero-order valence-corrected chi connectivity index (χ0v) is 13.2. The minimum Gasteiger partial charge on any atom is -0.340 e. The summed E-state index contributed by atoms with van der Waals surface area (Å²) in [6.07, 6.45) is 1.58. The van der Waals surface area contributed by atoms with Crippen LogP contribution in [0.3, 0.4) is 0 Å². The Hall–Kier alpha value is -0.910. The average Bonchev–Trinajstić information content (AvgIpc) is 3.04. The highest BCUT2D eigenvalue weighted by Crippen LogP contribution is 2.23. The van der Waals surface area contributed by atoms with Gasteiger partial charge in [0.25, 0.3) is 0 Å². The highest BCUT2D eigenvalue weighted by atomic mass is 35.5. The first-order chi connectivity index (χ1) is 9.11. The average molecular weight is 317 g/mol. The zero-order chi connectivity index (χ0) is 13.8. The van der Waals surface area contributed by atoms with E-state index in [2.05, 4.69) is 6.92 Å². The standard InChI is InChI=1S/C14H20N2O2S.ClH/c1-10-7-11(8-15)9-16(10)14(18)5-4-12(17)13-3-2-6-19-13;/h2-3,6,10-11H,4-5,7-9,15H2,1H3;1H. The van der Waals surface area contributed by atoms with Crippen molar-refractivity contribution in [3.8, 4) is 0 Å². The Balaban J connectivity index is 0.00000200. The second-order valence-electron chi connectivity index (χ2n) is 5.13. The van der Waals surface area contributed by atoms with Crippen molar-refractivity contribution in [1.29, 1.82) is 0 Å². The maximum Gasteiger partial charge on any atom is 0.223 e. The topological polar surface area (TPSA) is 63.4 Å². The summed E-state index contributed by atoms with van der Waals surface area (Å²) < 4.78 is 0. The van der Waals surface area contributed by atoms with Gasteiger partial charge < -0.3 is 10.6 Å². The molecule has 2 heterocycles. The van der Waals surface area contributed by atoms with Gasteiger partial charge in [0, 0.05) is 25.4 Å². The first-order valence-corrected chi connectivity index (χ1v) is 7.56. The summed E-state index contributed by atoms with van der Waals surface area (Å²) in [6.45, 7) is 3.42. The van der Waals surface area contributed by atoms with Gasteiger partial charge in [-0.3, -0.25) is 9.59 Å². The molecule has 4 nitrogen and oxygen atoms in total. The number of rotatable bonds is 5. The van der Waals surface area contributed by atoms with Crippen LogP contribution in [0.15, 0.2) is 17.5 Å². The first-order valence-electron chi connectivity index (χ1n) is 6.68. The van der Waals surface area contributed by atoms with E-state index >= 15 is 0 Å². The number of halogens is 1. The lowest BCUT2D eigenvalue weighted by Gasteiger charge is -2.21. The highest BCUT2D eigenvalue weighted by Gasteiger charge is 2.31. The maximum atomic E-state index is 12.1. The Morgan fingerprint density at radius 1 is 1.45 bits per heavy atom. The first kappa shape index (κ1) is 17.1. The van der Waals surface area contributed by atoms with Crippen LogP contribution in [0, 0.1) is 5.92 Å². The molecule has 6 heteroatoms. The number of carbonyl (C=O) groups excluding carboxylic acids is 2. The van der Waals surface area contributed by atoms with Crippen LogP contribution in [0.1, 0.15) is 35.9 Å². The van der Waals surface area contributed by atoms with E-state index in [1.165, 1.54) is 11.3 Å². The second-order valence-corrected chi connectivity index (χ2v) is 6.08. The fraction of sp³-hybridized carbons (Fsp3) is 0.571. The number of nitrogens with two attached hydrogens (primary N) is 1. The minimum atomic E-state index is 0. The molecule has 1 aliphatic rings. The molecule has 0 aliphatic carbocycles. The molecule has 1 aromatic heterocycles. The van der Waals surface area contributed by atoms with Gasteiger partial charge in [-0.15, -0.1) is 23.7 Å². The summed E-state index contributed by atoms with van der Waals surface area (Å²) in [4.78, 5) is 26.6. The predicted molar refractivity (Wildman–Crippen MR) is 83.5 cm³/mol. The molecule has 2 atom stereocenters. The molecular formula is C14H21ClN2O2S. The smallest absolute Gasteiger partial charge is 0.223 e. The molecule has 2 N–H and O–H groups in total. The number of carbonyl (C=O) groups is 2. The number of thiophene rings is 1. The number of nitrogens with zero attached hydrogens (tertiary/aromatic N) is 1. The van der Waals surface area contributed by atoms with Crippen LogP contribution in [-0.4, -0.2) is 35.7 Å². The normalized spacial score (nSPS) is 21.6. The van der Waals surface area contributed by atoms with Crippen LogP contribution in [0.2, 0.25) is 0 Å². The lowest BCUT2D eigenvalue weighted by atomic mass is 10.1. The minimum absolute atomic E-state index is 0. The maximum absolute atomic E-state index is 12.1. The Morgan fingerprint density at radius 2 is 2.20 bits per heavy atom. The number of amides is 1. The summed E-state index contributed by atoms with van der Waals surface area (Å²) in [5.74, 6) is 0.547. The van der Waals surface area contributed by atoms with Gasteiger partial charge in [0.05, 0.1) is 4.88 Å². The Kier molecular flexibility index (Phi) is 6.65. The summed E-state index contributed by atoms with van der Waals surface area (Å²) in [5, 5.41) is 1.88. The zero-order valence-electron chi connectivity index (χ0n) is 11.6. The van der Waals surface area contributed by atoms with E-state index in [0.717, 1.165) is 17.8 Å². The van der Waals surface area contributed by atoms with Gasteiger partial charge in [0.15, 0.2) is 5.78 Å². The van der Waals surface area contributed by atoms with Crippen LogP contribution in [-0.2, 0) is 4.79 Å². The molecule has 0 radical (unpaired) electrons. The van der Waals surface area contributed by atoms with E-state index < -0.39 is 0 Å². The van der Waals surface area contributed by atoms with Gasteiger partial charge in [-0.2, -0.15) is 0 Å². The van der Waals surface area contributed by atoms with Gasteiger partial charge in [0.1, 0.15) is 0 Å². The van der Waals surface area contributed by atoms with E-state index in [1.54, 1.807) is 6.07 Å². The summed E-state index contributed by atoms with van der Waals surface area (Å²) >= 11 is 1.43. The lowest BCUT2D eigenvalue weighted by Crippen LogP contribution is -2.34. The number of hydrogen-bond donors (Lipinski definition) is 1. The Morgan fingerprint density at radius 3 is 2.75 bits per heavy atom. The summed E-state index contributed by atoms with van der Waals surface area (Å²) in [5.41, 5.74) is 5.65. The fourth-order valence-electron chi connectivity index (χ4n) is 2.59. The van der Waals surface area contributed by atoms with E-state index in [0.29, 0.717) is 25.3 Å². The van der Waals surface area contributed by atoms with Crippen LogP contribution < -0.4 is 5.73 Å². The highest BCUT2D eigenvalue weighted by molar-refractivity contribution is 7.12. The van der Waals surface area contributed by atoms with Crippen molar-refractivity contribution in [2.45, 2.75) is 32.2 Å². The van der Waals surface area contributed by atoms with Crippen LogP contribution in [0.25, 0.3) is 0 Å². The van der Waals surface area contributed by atoms with Gasteiger partial charge in [-0.05, 0) is 37.3 Å². The molecule has 0 spiro atoms. The summed E-state index contributed by atoms with van der Waals surface area (Å²) in [7, 11) is 0. The molecule has 0 saturated carbocycles. The Bertz CT molecular complexity index is 450. The number of hydrogen-bond acceptors (Lipinski definition) is 4. The van der Waals surface area contributed by atoms with E-state index in [9.17, 15) is 9.59 Å². The molecule has 2 unspecified atom stereocenters. The molecule has 1 aliphatic heterocycles. The van der Waals surface area contributed by atoms with Crippen molar-refractivity contribution in [2.24, 2.45) is 11.7 Å². The van der Waals surface area contributed by atoms with E-state index in [4.69, 9.17) is 5.73 Å². The Labute approximate surface area is 129 Å². The van der Waals surface area contributed by atoms with Gasteiger partial charge >= 0.3 is 0 Å². The van der Waals surface area contributed by atoms with E-state index in [1.807, 2.05) is 16.3 Å². The molecule has 1 amide bonds. The third-order valence-corrected chi connectivity index (χ3v) is 4.59. The number of ketones is 1. The van der Waals surface area contributed by atoms with E-state index in [-0.39, 0.29) is 30.1 Å². The SMILES string of the molecule is CC1CC(CN)CN1C(=O)CCC(=O)c1cccs1.Cl. The predicted octanol–water partition coefficient (Wildman–Crippen LogP) is 2.33. The molecular weight excluding hydrogens is 296 g/mol. The number of Topliss-reactive ketones (excluding diaryl/α,β-unsaturated/α-hetero) is 1. The van der Waals surface area contributed by atoms with Crippen LogP contribution in [0.5, 0.6) is 0 Å². The third-order valence-electron chi connectivity index (χ3n) is 3.68. The largest absolute Gasteiger partial charge is 0.340 e. The lowest BCUT2D eigenvalue weighted by molar-refractivity contribution is -0.131. The monoisotopic (exact) mass is 316 g/mol. The molecule has 1 fully saturated rings. The quantitative estimate of drug-likeness (QED) is 0.848.